The molecule has 1 heterocycles. The number of allylic oxidation sites excluding steroid dienone is 1. The predicted molar refractivity (Wildman–Crippen MR) is 146 cm³/mol. The van der Waals surface area contributed by atoms with E-state index in [2.05, 4.69) is 21.2 Å². The zero-order valence-electron chi connectivity index (χ0n) is 20.0. The third-order valence-electron chi connectivity index (χ3n) is 6.82. The molecule has 1 aliphatic carbocycles. The summed E-state index contributed by atoms with van der Waals surface area (Å²) >= 11 is 21.1. The van der Waals surface area contributed by atoms with E-state index in [1.54, 1.807) is 18.2 Å². The average molecular weight is 654 g/mol. The van der Waals surface area contributed by atoms with E-state index in [-0.39, 0.29) is 44.8 Å². The molecule has 1 aliphatic heterocycles. The van der Waals surface area contributed by atoms with E-state index < -0.39 is 17.5 Å². The summed E-state index contributed by atoms with van der Waals surface area (Å²) in [6.07, 6.45) is 0.774. The van der Waals surface area contributed by atoms with Crippen LogP contribution in [0.2, 0.25) is 15.1 Å². The van der Waals surface area contributed by atoms with Crippen molar-refractivity contribution < 1.29 is 27.5 Å². The first kappa shape index (κ1) is 29.4. The van der Waals surface area contributed by atoms with E-state index >= 15 is 0 Å². The Morgan fingerprint density at radius 1 is 1.16 bits per heavy atom. The molecule has 0 spiro atoms. The molecular weight excluding hydrogens is 630 g/mol. The van der Waals surface area contributed by atoms with Crippen molar-refractivity contribution in [1.82, 2.24) is 5.32 Å². The number of carbonyl (C=O) groups excluding carboxylic acids is 2. The number of benzene rings is 2. The third-order valence-corrected chi connectivity index (χ3v) is 8.68. The topological polar surface area (TPSA) is 55.4 Å². The number of halogens is 7. The van der Waals surface area contributed by atoms with Crippen LogP contribution in [0.25, 0.3) is 6.08 Å². The minimum atomic E-state index is -4.60. The second kappa shape index (κ2) is 11.9. The SMILES string of the molecule is O=C(CC1(C(=O)NC2CCCOC2)CC1)c1ccc(/C=C/C(c2cc(Cl)c(Cl)c(Cl)c2)C(F)(F)F)cc1Br. The lowest BCUT2D eigenvalue weighted by Crippen LogP contribution is -2.44. The van der Waals surface area contributed by atoms with Crippen LogP contribution in [-0.4, -0.2) is 37.1 Å². The molecule has 2 unspecified atom stereocenters. The van der Waals surface area contributed by atoms with Gasteiger partial charge in [-0.15, -0.1) is 0 Å². The number of carbonyl (C=O) groups is 2. The summed E-state index contributed by atoms with van der Waals surface area (Å²) in [5.41, 5.74) is -0.0455. The molecule has 38 heavy (non-hydrogen) atoms. The highest BCUT2D eigenvalue weighted by molar-refractivity contribution is 9.10. The van der Waals surface area contributed by atoms with Crippen LogP contribution in [0.3, 0.4) is 0 Å². The van der Waals surface area contributed by atoms with E-state index in [9.17, 15) is 22.8 Å². The summed E-state index contributed by atoms with van der Waals surface area (Å²) in [6, 6.07) is 6.92. The number of ether oxygens (including phenoxy) is 1. The van der Waals surface area contributed by atoms with Gasteiger partial charge in [0.05, 0.1) is 39.0 Å². The van der Waals surface area contributed by atoms with Gasteiger partial charge in [-0.2, -0.15) is 13.2 Å². The van der Waals surface area contributed by atoms with Crippen LogP contribution in [0, 0.1) is 5.41 Å². The third kappa shape index (κ3) is 6.94. The summed E-state index contributed by atoms with van der Waals surface area (Å²) in [4.78, 5) is 25.9. The molecule has 0 aromatic heterocycles. The molecule has 2 aromatic carbocycles. The molecule has 4 nitrogen and oxygen atoms in total. The van der Waals surface area contributed by atoms with Crippen molar-refractivity contribution in [1.29, 1.82) is 0 Å². The quantitative estimate of drug-likeness (QED) is 0.230. The van der Waals surface area contributed by atoms with Gasteiger partial charge < -0.3 is 10.1 Å². The number of rotatable bonds is 8. The number of hydrogen-bond donors (Lipinski definition) is 1. The van der Waals surface area contributed by atoms with Crippen molar-refractivity contribution in [2.24, 2.45) is 5.41 Å². The van der Waals surface area contributed by atoms with Gasteiger partial charge in [0.2, 0.25) is 5.91 Å². The summed E-state index contributed by atoms with van der Waals surface area (Å²) in [5, 5.41) is 2.85. The second-order valence-corrected chi connectivity index (χ2v) is 11.7. The Hall–Kier alpha value is -1.58. The van der Waals surface area contributed by atoms with E-state index in [1.807, 2.05) is 0 Å². The Morgan fingerprint density at radius 2 is 1.84 bits per heavy atom. The molecule has 2 aromatic rings. The van der Waals surface area contributed by atoms with Crippen molar-refractivity contribution >= 4 is 68.5 Å². The van der Waals surface area contributed by atoms with E-state index in [4.69, 9.17) is 39.5 Å². The van der Waals surface area contributed by atoms with Crippen LogP contribution in [0.4, 0.5) is 13.2 Å². The van der Waals surface area contributed by atoms with Crippen LogP contribution in [0.15, 0.2) is 40.9 Å². The number of nitrogens with one attached hydrogen (secondary N) is 1. The maximum Gasteiger partial charge on any atom is 0.399 e. The lowest BCUT2D eigenvalue weighted by molar-refractivity contribution is -0.139. The number of amides is 1. The number of hydrogen-bond acceptors (Lipinski definition) is 3. The molecule has 1 saturated heterocycles. The molecular formula is C27H24BrCl3F3NO3. The molecule has 2 atom stereocenters. The number of alkyl halides is 3. The largest absolute Gasteiger partial charge is 0.399 e. The molecule has 0 radical (unpaired) electrons. The Kier molecular flexibility index (Phi) is 9.20. The molecule has 1 N–H and O–H groups in total. The second-order valence-electron chi connectivity index (χ2n) is 9.68. The summed E-state index contributed by atoms with van der Waals surface area (Å²) < 4.78 is 47.4. The standard InChI is InChI=1S/C27H24BrCl3F3NO3/c28-20-10-15(4-6-19(27(32,33)34)16-11-21(29)24(31)22(30)12-16)3-5-18(20)23(36)13-26(7-8-26)25(37)35-17-2-1-9-38-14-17/h3-6,10-12,17,19H,1-2,7-9,13-14H2,(H,35,37)/b6-4+. The van der Waals surface area contributed by atoms with Gasteiger partial charge in [-0.1, -0.05) is 69.0 Å². The van der Waals surface area contributed by atoms with Crippen LogP contribution >= 0.6 is 50.7 Å². The van der Waals surface area contributed by atoms with Gasteiger partial charge in [0, 0.05) is 23.1 Å². The summed E-state index contributed by atoms with van der Waals surface area (Å²) in [7, 11) is 0. The minimum absolute atomic E-state index is 0.0142. The molecule has 4 rings (SSSR count). The van der Waals surface area contributed by atoms with Gasteiger partial charge in [0.1, 0.15) is 0 Å². The van der Waals surface area contributed by atoms with Crippen molar-refractivity contribution in [2.45, 2.75) is 50.2 Å². The van der Waals surface area contributed by atoms with Crippen molar-refractivity contribution in [3.05, 3.63) is 72.6 Å². The average Bonchev–Trinajstić information content (AvgIpc) is 3.63. The first-order valence-corrected chi connectivity index (χ1v) is 13.9. The molecule has 0 bridgehead atoms. The van der Waals surface area contributed by atoms with Gasteiger partial charge in [0.15, 0.2) is 5.78 Å². The summed E-state index contributed by atoms with van der Waals surface area (Å²) in [5.74, 6) is -2.31. The van der Waals surface area contributed by atoms with Gasteiger partial charge in [-0.3, -0.25) is 9.59 Å². The highest BCUT2D eigenvalue weighted by atomic mass is 79.9. The number of ketones is 1. The van der Waals surface area contributed by atoms with Gasteiger partial charge in [-0.25, -0.2) is 0 Å². The zero-order valence-corrected chi connectivity index (χ0v) is 23.9. The van der Waals surface area contributed by atoms with E-state index in [0.717, 1.165) is 31.1 Å². The fraction of sp³-hybridized carbons (Fsp3) is 0.407. The molecule has 2 aliphatic rings. The molecule has 2 fully saturated rings. The number of Topliss-reactive ketones (excluding diaryl/α,β-unsaturated/α-hetero) is 1. The normalized spacial score (nSPS) is 19.8. The maximum absolute atomic E-state index is 13.8. The monoisotopic (exact) mass is 651 g/mol. The van der Waals surface area contributed by atoms with Crippen molar-refractivity contribution in [3.8, 4) is 0 Å². The van der Waals surface area contributed by atoms with Crippen LogP contribution in [0.1, 0.15) is 59.5 Å². The van der Waals surface area contributed by atoms with Crippen LogP contribution in [-0.2, 0) is 9.53 Å². The molecule has 1 amide bonds. The molecule has 204 valence electrons. The van der Waals surface area contributed by atoms with Gasteiger partial charge in [-0.05, 0) is 61.1 Å². The smallest absolute Gasteiger partial charge is 0.379 e. The van der Waals surface area contributed by atoms with E-state index in [1.165, 1.54) is 6.08 Å². The van der Waals surface area contributed by atoms with Crippen molar-refractivity contribution in [2.75, 3.05) is 13.2 Å². The fourth-order valence-electron chi connectivity index (χ4n) is 4.46. The maximum atomic E-state index is 13.8. The first-order chi connectivity index (χ1) is 17.9. The zero-order chi connectivity index (χ0) is 27.7. The van der Waals surface area contributed by atoms with Gasteiger partial charge in [0.25, 0.3) is 0 Å². The fourth-order valence-corrected chi connectivity index (χ4v) is 5.69. The Labute approximate surface area is 242 Å². The van der Waals surface area contributed by atoms with Crippen LogP contribution in [0.5, 0.6) is 0 Å². The van der Waals surface area contributed by atoms with Crippen LogP contribution < -0.4 is 5.32 Å². The lowest BCUT2D eigenvalue weighted by atomic mass is 9.93. The molecule has 11 heteroatoms. The lowest BCUT2D eigenvalue weighted by Gasteiger charge is -2.25. The highest BCUT2D eigenvalue weighted by Gasteiger charge is 2.51. The Morgan fingerprint density at radius 3 is 2.39 bits per heavy atom. The van der Waals surface area contributed by atoms with Crippen molar-refractivity contribution in [3.63, 3.8) is 0 Å². The molecule has 1 saturated carbocycles. The first-order valence-electron chi connectivity index (χ1n) is 12.0. The minimum Gasteiger partial charge on any atom is -0.379 e. The summed E-state index contributed by atoms with van der Waals surface area (Å²) in [6.45, 7) is 1.17. The Balaban J connectivity index is 1.46. The highest BCUT2D eigenvalue weighted by Crippen LogP contribution is 2.50. The van der Waals surface area contributed by atoms with E-state index in [0.29, 0.717) is 41.7 Å². The predicted octanol–water partition coefficient (Wildman–Crippen LogP) is 8.42. The Bertz CT molecular complexity index is 1230. The van der Waals surface area contributed by atoms with Gasteiger partial charge >= 0.3 is 6.18 Å².